The number of nitrogens with zero attached hydrogens (tertiary/aromatic N) is 4. The Labute approximate surface area is 150 Å². The zero-order valence-electron chi connectivity index (χ0n) is 14.0. The molecular formula is C17H18N4O4S. The summed E-state index contributed by atoms with van der Waals surface area (Å²) in [5, 5.41) is 7.55. The van der Waals surface area contributed by atoms with Crippen molar-refractivity contribution in [2.24, 2.45) is 0 Å². The standard InChI is InChI=1S/C17H18N4O4S/c22-26(23,21-9-2-1-3-10-21)15-6-4-5-13(11-15)17-19-16(20-25-17)12-14-7-8-18-24-14/h4-8,11H,1-3,9-10,12H2. The van der Waals surface area contributed by atoms with E-state index in [4.69, 9.17) is 9.05 Å². The predicted molar refractivity (Wildman–Crippen MR) is 91.7 cm³/mol. The molecule has 0 amide bonds. The maximum atomic E-state index is 12.8. The second kappa shape index (κ2) is 7.00. The Hall–Kier alpha value is -2.52. The molecule has 0 spiro atoms. The lowest BCUT2D eigenvalue weighted by Crippen LogP contribution is -2.35. The maximum absolute atomic E-state index is 12.8. The number of rotatable bonds is 5. The van der Waals surface area contributed by atoms with Crippen LogP contribution in [0.15, 0.2) is 50.5 Å². The van der Waals surface area contributed by atoms with Crippen molar-refractivity contribution in [2.45, 2.75) is 30.6 Å². The van der Waals surface area contributed by atoms with Gasteiger partial charge in [0, 0.05) is 24.7 Å². The van der Waals surface area contributed by atoms with Gasteiger partial charge in [-0.05, 0) is 31.0 Å². The SMILES string of the molecule is O=S(=O)(c1cccc(-c2nc(Cc3ccno3)no2)c1)N1CCCCC1. The van der Waals surface area contributed by atoms with E-state index >= 15 is 0 Å². The Morgan fingerprint density at radius 3 is 2.69 bits per heavy atom. The zero-order chi connectivity index (χ0) is 18.0. The lowest BCUT2D eigenvalue weighted by molar-refractivity contribution is 0.346. The highest BCUT2D eigenvalue weighted by molar-refractivity contribution is 7.89. The van der Waals surface area contributed by atoms with E-state index in [2.05, 4.69) is 15.3 Å². The van der Waals surface area contributed by atoms with Crippen molar-refractivity contribution in [1.29, 1.82) is 0 Å². The second-order valence-electron chi connectivity index (χ2n) is 6.16. The molecule has 0 bridgehead atoms. The quantitative estimate of drug-likeness (QED) is 0.676. The first kappa shape index (κ1) is 16.9. The van der Waals surface area contributed by atoms with Gasteiger partial charge in [0.2, 0.25) is 10.0 Å². The number of hydrogen-bond donors (Lipinski definition) is 0. The molecule has 0 aliphatic carbocycles. The van der Waals surface area contributed by atoms with E-state index in [0.717, 1.165) is 19.3 Å². The average molecular weight is 374 g/mol. The zero-order valence-corrected chi connectivity index (χ0v) is 14.9. The summed E-state index contributed by atoms with van der Waals surface area (Å²) in [5.74, 6) is 1.34. The van der Waals surface area contributed by atoms with Gasteiger partial charge >= 0.3 is 0 Å². The van der Waals surface area contributed by atoms with Crippen LogP contribution < -0.4 is 0 Å². The summed E-state index contributed by atoms with van der Waals surface area (Å²) in [6.07, 6.45) is 4.77. The van der Waals surface area contributed by atoms with Crippen molar-refractivity contribution in [3.8, 4) is 11.5 Å². The Morgan fingerprint density at radius 2 is 1.92 bits per heavy atom. The van der Waals surface area contributed by atoms with Crippen molar-refractivity contribution in [3.63, 3.8) is 0 Å². The molecule has 2 aromatic heterocycles. The van der Waals surface area contributed by atoms with Gasteiger partial charge in [0.15, 0.2) is 5.82 Å². The van der Waals surface area contributed by atoms with Crippen LogP contribution in [0.25, 0.3) is 11.5 Å². The molecule has 9 heteroatoms. The van der Waals surface area contributed by atoms with Crippen molar-refractivity contribution >= 4 is 10.0 Å². The molecule has 0 unspecified atom stereocenters. The molecule has 136 valence electrons. The predicted octanol–water partition coefficient (Wildman–Crippen LogP) is 2.49. The number of benzene rings is 1. The van der Waals surface area contributed by atoms with E-state index in [1.807, 2.05) is 0 Å². The third-order valence-corrected chi connectivity index (χ3v) is 6.22. The smallest absolute Gasteiger partial charge is 0.257 e. The van der Waals surface area contributed by atoms with E-state index < -0.39 is 10.0 Å². The van der Waals surface area contributed by atoms with Gasteiger partial charge in [-0.25, -0.2) is 8.42 Å². The molecular weight excluding hydrogens is 356 g/mol. The van der Waals surface area contributed by atoms with Gasteiger partial charge in [-0.3, -0.25) is 0 Å². The molecule has 8 nitrogen and oxygen atoms in total. The van der Waals surface area contributed by atoms with Crippen molar-refractivity contribution in [1.82, 2.24) is 19.6 Å². The first-order valence-electron chi connectivity index (χ1n) is 8.46. The first-order chi connectivity index (χ1) is 12.6. The van der Waals surface area contributed by atoms with Gasteiger partial charge in [0.05, 0.1) is 17.5 Å². The Balaban J connectivity index is 1.59. The highest BCUT2D eigenvalue weighted by Crippen LogP contribution is 2.25. The molecule has 3 aromatic rings. The second-order valence-corrected chi connectivity index (χ2v) is 8.10. The van der Waals surface area contributed by atoms with Gasteiger partial charge in [0.1, 0.15) is 5.76 Å². The molecule has 1 aromatic carbocycles. The highest BCUT2D eigenvalue weighted by atomic mass is 32.2. The van der Waals surface area contributed by atoms with E-state index in [1.165, 1.54) is 0 Å². The number of sulfonamides is 1. The molecule has 4 rings (SSSR count). The number of aromatic nitrogens is 3. The summed E-state index contributed by atoms with van der Waals surface area (Å²) in [7, 11) is -3.51. The third-order valence-electron chi connectivity index (χ3n) is 4.33. The molecule has 1 aliphatic heterocycles. The monoisotopic (exact) mass is 374 g/mol. The fourth-order valence-corrected chi connectivity index (χ4v) is 4.54. The number of piperidine rings is 1. The van der Waals surface area contributed by atoms with Crippen LogP contribution in [0.3, 0.4) is 0 Å². The van der Waals surface area contributed by atoms with Crippen LogP contribution in [-0.2, 0) is 16.4 Å². The van der Waals surface area contributed by atoms with Gasteiger partial charge < -0.3 is 9.05 Å². The van der Waals surface area contributed by atoms with E-state index in [9.17, 15) is 8.42 Å². The molecule has 0 radical (unpaired) electrons. The van der Waals surface area contributed by atoms with Gasteiger partial charge in [-0.2, -0.15) is 9.29 Å². The molecule has 3 heterocycles. The first-order valence-corrected chi connectivity index (χ1v) is 9.90. The van der Waals surface area contributed by atoms with Crippen molar-refractivity contribution in [2.75, 3.05) is 13.1 Å². The van der Waals surface area contributed by atoms with Gasteiger partial charge in [0.25, 0.3) is 5.89 Å². The number of hydrogen-bond acceptors (Lipinski definition) is 7. The minimum absolute atomic E-state index is 0.242. The maximum Gasteiger partial charge on any atom is 0.257 e. The van der Waals surface area contributed by atoms with Crippen LogP contribution in [-0.4, -0.2) is 41.1 Å². The lowest BCUT2D eigenvalue weighted by Gasteiger charge is -2.25. The summed E-state index contributed by atoms with van der Waals surface area (Å²) in [6, 6.07) is 8.34. The van der Waals surface area contributed by atoms with Crippen molar-refractivity contribution in [3.05, 3.63) is 48.1 Å². The summed E-state index contributed by atoms with van der Waals surface area (Å²) in [6.45, 7) is 1.13. The summed E-state index contributed by atoms with van der Waals surface area (Å²) < 4.78 is 37.5. The van der Waals surface area contributed by atoms with Crippen molar-refractivity contribution < 1.29 is 17.5 Å². The molecule has 1 fully saturated rings. The minimum Gasteiger partial charge on any atom is -0.361 e. The van der Waals surface area contributed by atoms with E-state index in [0.29, 0.717) is 36.7 Å². The summed E-state index contributed by atoms with van der Waals surface area (Å²) in [4.78, 5) is 4.56. The average Bonchev–Trinajstić information content (AvgIpc) is 3.35. The van der Waals surface area contributed by atoms with Crippen LogP contribution in [0, 0.1) is 0 Å². The van der Waals surface area contributed by atoms with E-state index in [1.54, 1.807) is 40.8 Å². The van der Waals surface area contributed by atoms with Crippen LogP contribution in [0.1, 0.15) is 30.8 Å². The fraction of sp³-hybridized carbons (Fsp3) is 0.353. The fourth-order valence-electron chi connectivity index (χ4n) is 2.98. The Morgan fingerprint density at radius 1 is 1.08 bits per heavy atom. The molecule has 1 saturated heterocycles. The highest BCUT2D eigenvalue weighted by Gasteiger charge is 2.26. The van der Waals surface area contributed by atoms with Crippen LogP contribution >= 0.6 is 0 Å². The summed E-state index contributed by atoms with van der Waals surface area (Å²) in [5.41, 5.74) is 0.569. The largest absolute Gasteiger partial charge is 0.361 e. The van der Waals surface area contributed by atoms with Gasteiger partial charge in [-0.1, -0.05) is 22.8 Å². The normalized spacial score (nSPS) is 16.0. The Bertz CT molecular complexity index is 976. The van der Waals surface area contributed by atoms with E-state index in [-0.39, 0.29) is 10.8 Å². The topological polar surface area (TPSA) is 102 Å². The van der Waals surface area contributed by atoms with Crippen LogP contribution in [0.5, 0.6) is 0 Å². The molecule has 0 N–H and O–H groups in total. The molecule has 0 atom stereocenters. The molecule has 1 aliphatic rings. The Kier molecular flexibility index (Phi) is 4.56. The lowest BCUT2D eigenvalue weighted by atomic mass is 10.2. The third kappa shape index (κ3) is 3.40. The van der Waals surface area contributed by atoms with Crippen LogP contribution in [0.4, 0.5) is 0 Å². The van der Waals surface area contributed by atoms with Gasteiger partial charge in [-0.15, -0.1) is 0 Å². The summed E-state index contributed by atoms with van der Waals surface area (Å²) >= 11 is 0. The minimum atomic E-state index is -3.51. The van der Waals surface area contributed by atoms with Crippen LogP contribution in [0.2, 0.25) is 0 Å². The molecule has 0 saturated carbocycles. The molecule has 26 heavy (non-hydrogen) atoms.